The van der Waals surface area contributed by atoms with E-state index in [1.54, 1.807) is 12.1 Å². The molecule has 1 aromatic carbocycles. The number of rotatable bonds is 7. The molecule has 0 radical (unpaired) electrons. The first-order valence-corrected chi connectivity index (χ1v) is 7.85. The molecule has 5 nitrogen and oxygen atoms in total. The summed E-state index contributed by atoms with van der Waals surface area (Å²) in [5.74, 6) is 0.760. The van der Waals surface area contributed by atoms with E-state index in [0.717, 1.165) is 32.0 Å². The van der Waals surface area contributed by atoms with Crippen LogP contribution in [0.3, 0.4) is 0 Å². The van der Waals surface area contributed by atoms with Gasteiger partial charge < -0.3 is 10.2 Å². The number of hydrogen-bond donors (Lipinski definition) is 1. The van der Waals surface area contributed by atoms with Crippen molar-refractivity contribution in [1.82, 2.24) is 10.2 Å². The second kappa shape index (κ2) is 8.10. The summed E-state index contributed by atoms with van der Waals surface area (Å²) < 4.78 is 0. The van der Waals surface area contributed by atoms with E-state index in [0.29, 0.717) is 0 Å². The van der Waals surface area contributed by atoms with Crippen molar-refractivity contribution in [2.45, 2.75) is 26.2 Å². The Kier molecular flexibility index (Phi) is 6.14. The first-order valence-electron chi connectivity index (χ1n) is 7.85. The van der Waals surface area contributed by atoms with Crippen molar-refractivity contribution in [3.8, 4) is 0 Å². The maximum absolute atomic E-state index is 10.6. The fourth-order valence-electron chi connectivity index (χ4n) is 2.94. The fourth-order valence-corrected chi connectivity index (χ4v) is 2.94. The number of nitro benzene ring substituents is 1. The van der Waals surface area contributed by atoms with E-state index in [2.05, 4.69) is 17.1 Å². The first kappa shape index (κ1) is 15.9. The normalized spacial score (nSPS) is 19.6. The highest BCUT2D eigenvalue weighted by Crippen LogP contribution is 2.17. The Balaban J connectivity index is 1.78. The lowest BCUT2D eigenvalue weighted by atomic mass is 9.97. The molecule has 1 aliphatic heterocycles. The highest BCUT2D eigenvalue weighted by atomic mass is 16.6. The van der Waals surface area contributed by atoms with E-state index in [4.69, 9.17) is 0 Å². The lowest BCUT2D eigenvalue weighted by Gasteiger charge is -2.32. The second-order valence-electron chi connectivity index (χ2n) is 5.79. The number of hydrogen-bond acceptors (Lipinski definition) is 4. The summed E-state index contributed by atoms with van der Waals surface area (Å²) in [5, 5.41) is 14.1. The Labute approximate surface area is 126 Å². The molecular weight excluding hydrogens is 266 g/mol. The van der Waals surface area contributed by atoms with Crippen LogP contribution in [0.1, 0.15) is 25.3 Å². The van der Waals surface area contributed by atoms with Crippen LogP contribution < -0.4 is 5.32 Å². The Morgan fingerprint density at radius 3 is 2.81 bits per heavy atom. The molecule has 0 aliphatic carbocycles. The Bertz CT molecular complexity index is 447. The zero-order valence-electron chi connectivity index (χ0n) is 12.8. The number of piperidine rings is 1. The molecule has 1 unspecified atom stereocenters. The average Bonchev–Trinajstić information content (AvgIpc) is 2.52. The lowest BCUT2D eigenvalue weighted by molar-refractivity contribution is -0.384. The van der Waals surface area contributed by atoms with Gasteiger partial charge in [0.05, 0.1) is 4.92 Å². The number of non-ortho nitro benzene ring substituents is 1. The van der Waals surface area contributed by atoms with Gasteiger partial charge in [-0.05, 0) is 50.4 Å². The predicted octanol–water partition coefficient (Wildman–Crippen LogP) is 2.46. The number of benzene rings is 1. The molecule has 0 aromatic heterocycles. The minimum atomic E-state index is -0.347. The summed E-state index contributed by atoms with van der Waals surface area (Å²) in [6.45, 7) is 7.69. The van der Waals surface area contributed by atoms with Gasteiger partial charge in [0.2, 0.25) is 0 Å². The van der Waals surface area contributed by atoms with Gasteiger partial charge >= 0.3 is 0 Å². The first-order chi connectivity index (χ1) is 10.2. The average molecular weight is 291 g/mol. The fraction of sp³-hybridized carbons (Fsp3) is 0.625. The van der Waals surface area contributed by atoms with Gasteiger partial charge in [0.15, 0.2) is 0 Å². The maximum Gasteiger partial charge on any atom is 0.269 e. The molecule has 5 heteroatoms. The molecule has 0 saturated carbocycles. The third-order valence-electron chi connectivity index (χ3n) is 4.15. The smallest absolute Gasteiger partial charge is 0.269 e. The number of nitrogens with one attached hydrogen (secondary N) is 1. The number of nitro groups is 1. The SMILES string of the molecule is CCNCC1CCCN(CCc2ccc([N+](=O)[O-])cc2)C1. The molecule has 1 aromatic rings. The zero-order chi connectivity index (χ0) is 15.1. The molecule has 1 aliphatic rings. The van der Waals surface area contributed by atoms with Crippen molar-refractivity contribution in [2.24, 2.45) is 5.92 Å². The number of likely N-dealkylation sites (tertiary alicyclic amines) is 1. The van der Waals surface area contributed by atoms with E-state index in [9.17, 15) is 10.1 Å². The predicted molar refractivity (Wildman–Crippen MR) is 84.5 cm³/mol. The Hall–Kier alpha value is -1.46. The minimum Gasteiger partial charge on any atom is -0.317 e. The molecular formula is C16H25N3O2. The maximum atomic E-state index is 10.6. The highest BCUT2D eigenvalue weighted by molar-refractivity contribution is 5.32. The van der Waals surface area contributed by atoms with Gasteiger partial charge in [0, 0.05) is 25.2 Å². The molecule has 1 atom stereocenters. The van der Waals surface area contributed by atoms with Crippen LogP contribution in [0.2, 0.25) is 0 Å². The third-order valence-corrected chi connectivity index (χ3v) is 4.15. The van der Waals surface area contributed by atoms with E-state index < -0.39 is 0 Å². The van der Waals surface area contributed by atoms with Crippen LogP contribution >= 0.6 is 0 Å². The lowest BCUT2D eigenvalue weighted by Crippen LogP contribution is -2.40. The van der Waals surface area contributed by atoms with Gasteiger partial charge in [0.25, 0.3) is 5.69 Å². The second-order valence-corrected chi connectivity index (χ2v) is 5.79. The summed E-state index contributed by atoms with van der Waals surface area (Å²) in [6, 6.07) is 6.94. The van der Waals surface area contributed by atoms with Crippen LogP contribution in [0.25, 0.3) is 0 Å². The molecule has 1 fully saturated rings. The van der Waals surface area contributed by atoms with Crippen LogP contribution in [0.15, 0.2) is 24.3 Å². The monoisotopic (exact) mass is 291 g/mol. The highest BCUT2D eigenvalue weighted by Gasteiger charge is 2.19. The van der Waals surface area contributed by atoms with Gasteiger partial charge in [-0.25, -0.2) is 0 Å². The van der Waals surface area contributed by atoms with Crippen LogP contribution in [0.5, 0.6) is 0 Å². The molecule has 1 N–H and O–H groups in total. The van der Waals surface area contributed by atoms with Crippen molar-refractivity contribution < 1.29 is 4.92 Å². The largest absolute Gasteiger partial charge is 0.317 e. The third kappa shape index (κ3) is 5.10. The van der Waals surface area contributed by atoms with Crippen LogP contribution in [0.4, 0.5) is 5.69 Å². The summed E-state index contributed by atoms with van der Waals surface area (Å²) in [6.07, 6.45) is 3.56. The van der Waals surface area contributed by atoms with Crippen LogP contribution in [-0.4, -0.2) is 42.5 Å². The van der Waals surface area contributed by atoms with Gasteiger partial charge in [-0.1, -0.05) is 19.1 Å². The van der Waals surface area contributed by atoms with Gasteiger partial charge in [-0.2, -0.15) is 0 Å². The summed E-state index contributed by atoms with van der Waals surface area (Å²) >= 11 is 0. The summed E-state index contributed by atoms with van der Waals surface area (Å²) in [5.41, 5.74) is 1.34. The molecule has 0 spiro atoms. The Morgan fingerprint density at radius 1 is 1.38 bits per heavy atom. The van der Waals surface area contributed by atoms with Crippen molar-refractivity contribution >= 4 is 5.69 Å². The van der Waals surface area contributed by atoms with E-state index >= 15 is 0 Å². The molecule has 1 heterocycles. The Morgan fingerprint density at radius 2 is 2.14 bits per heavy atom. The van der Waals surface area contributed by atoms with E-state index in [1.807, 2.05) is 12.1 Å². The van der Waals surface area contributed by atoms with Crippen molar-refractivity contribution in [3.63, 3.8) is 0 Å². The topological polar surface area (TPSA) is 58.4 Å². The van der Waals surface area contributed by atoms with Gasteiger partial charge in [-0.3, -0.25) is 10.1 Å². The van der Waals surface area contributed by atoms with E-state index in [1.165, 1.54) is 31.5 Å². The van der Waals surface area contributed by atoms with Crippen molar-refractivity contribution in [2.75, 3.05) is 32.7 Å². The molecule has 0 amide bonds. The molecule has 21 heavy (non-hydrogen) atoms. The van der Waals surface area contributed by atoms with Crippen LogP contribution in [0, 0.1) is 16.0 Å². The van der Waals surface area contributed by atoms with Crippen LogP contribution in [-0.2, 0) is 6.42 Å². The van der Waals surface area contributed by atoms with Crippen molar-refractivity contribution in [3.05, 3.63) is 39.9 Å². The van der Waals surface area contributed by atoms with Gasteiger partial charge in [-0.15, -0.1) is 0 Å². The molecule has 2 rings (SSSR count). The molecule has 0 bridgehead atoms. The zero-order valence-corrected chi connectivity index (χ0v) is 12.8. The van der Waals surface area contributed by atoms with Crippen molar-refractivity contribution in [1.29, 1.82) is 0 Å². The van der Waals surface area contributed by atoms with E-state index in [-0.39, 0.29) is 10.6 Å². The molecule has 1 saturated heterocycles. The molecule has 116 valence electrons. The quantitative estimate of drug-likeness (QED) is 0.619. The standard InChI is InChI=1S/C16H25N3O2/c1-2-17-12-15-4-3-10-18(13-15)11-9-14-5-7-16(8-6-14)19(20)21/h5-8,15,17H,2-4,9-13H2,1H3. The summed E-state index contributed by atoms with van der Waals surface area (Å²) in [4.78, 5) is 12.8. The van der Waals surface area contributed by atoms with Gasteiger partial charge in [0.1, 0.15) is 0 Å². The summed E-state index contributed by atoms with van der Waals surface area (Å²) in [7, 11) is 0. The number of nitrogens with zero attached hydrogens (tertiary/aromatic N) is 2. The minimum absolute atomic E-state index is 0.169.